The third kappa shape index (κ3) is 12.9. The topological polar surface area (TPSA) is 104 Å². The van der Waals surface area contributed by atoms with Crippen molar-refractivity contribution in [3.8, 4) is 0 Å². The molecule has 0 amide bonds. The van der Waals surface area contributed by atoms with E-state index in [-0.39, 0.29) is 6.10 Å². The molecule has 0 aromatic rings. The molecule has 0 aliphatic heterocycles. The Labute approximate surface area is 88.5 Å². The Balaban J connectivity index is 0. The monoisotopic (exact) mass is 222 g/mol. The largest absolute Gasteiger partial charge is 0.479 e. The van der Waals surface area contributed by atoms with E-state index in [0.29, 0.717) is 0 Å². The fourth-order valence-corrected chi connectivity index (χ4v) is 0.331. The van der Waals surface area contributed by atoms with E-state index in [0.717, 1.165) is 0 Å². The molecular weight excluding hydrogens is 204 g/mol. The normalized spacial score (nSPS) is 13.5. The number of hydrogen-bond acceptors (Lipinski definition) is 5. The summed E-state index contributed by atoms with van der Waals surface area (Å²) in [5, 5.41) is 24.4. The van der Waals surface area contributed by atoms with Crippen molar-refractivity contribution in [3.05, 3.63) is 0 Å². The first-order valence-electron chi connectivity index (χ1n) is 4.47. The van der Waals surface area contributed by atoms with E-state index in [9.17, 15) is 9.59 Å². The number of ether oxygens (including phenoxy) is 1. The first-order chi connectivity index (χ1) is 6.68. The fourth-order valence-electron chi connectivity index (χ4n) is 0.331. The van der Waals surface area contributed by atoms with Crippen LogP contribution in [0.5, 0.6) is 0 Å². The molecule has 0 rings (SSSR count). The third-order valence-electron chi connectivity index (χ3n) is 1.05. The van der Waals surface area contributed by atoms with Crippen LogP contribution in [0.4, 0.5) is 0 Å². The van der Waals surface area contributed by atoms with Gasteiger partial charge in [-0.1, -0.05) is 0 Å². The highest BCUT2D eigenvalue weighted by Gasteiger charge is 2.10. The lowest BCUT2D eigenvalue weighted by molar-refractivity contribution is -0.156. The number of aliphatic hydroxyl groups is 2. The number of rotatable bonds is 3. The van der Waals surface area contributed by atoms with Crippen LogP contribution in [0.25, 0.3) is 0 Å². The molecule has 0 saturated heterocycles. The second-order valence-corrected chi connectivity index (χ2v) is 3.18. The molecule has 6 nitrogen and oxygen atoms in total. The molecule has 15 heavy (non-hydrogen) atoms. The lowest BCUT2D eigenvalue weighted by Crippen LogP contribution is -2.22. The molecule has 0 spiro atoms. The molecular formula is C9H18O6. The van der Waals surface area contributed by atoms with Gasteiger partial charge >= 0.3 is 11.9 Å². The summed E-state index contributed by atoms with van der Waals surface area (Å²) in [6.45, 7) is 6.05. The number of esters is 1. The Morgan fingerprint density at radius 3 is 1.40 bits per heavy atom. The van der Waals surface area contributed by atoms with E-state index in [1.165, 1.54) is 13.8 Å². The van der Waals surface area contributed by atoms with E-state index < -0.39 is 24.1 Å². The summed E-state index contributed by atoms with van der Waals surface area (Å²) < 4.78 is 4.62. The molecule has 2 unspecified atom stereocenters. The van der Waals surface area contributed by atoms with Gasteiger partial charge in [0.05, 0.1) is 6.10 Å². The van der Waals surface area contributed by atoms with E-state index in [1.54, 1.807) is 13.8 Å². The Bertz CT molecular complexity index is 197. The van der Waals surface area contributed by atoms with Crippen molar-refractivity contribution >= 4 is 11.9 Å². The lowest BCUT2D eigenvalue weighted by atomic mass is 10.4. The van der Waals surface area contributed by atoms with Crippen molar-refractivity contribution < 1.29 is 29.6 Å². The molecule has 0 aromatic carbocycles. The first kappa shape index (κ1) is 16.3. The average Bonchev–Trinajstić information content (AvgIpc) is 2.03. The van der Waals surface area contributed by atoms with Crippen molar-refractivity contribution in [3.63, 3.8) is 0 Å². The van der Waals surface area contributed by atoms with Gasteiger partial charge in [-0.25, -0.2) is 9.59 Å². The van der Waals surface area contributed by atoms with Crippen LogP contribution >= 0.6 is 0 Å². The smallest absolute Gasteiger partial charge is 0.334 e. The molecule has 0 saturated carbocycles. The Hall–Kier alpha value is -1.14. The maximum absolute atomic E-state index is 10.5. The van der Waals surface area contributed by atoms with E-state index >= 15 is 0 Å². The zero-order valence-electron chi connectivity index (χ0n) is 9.30. The molecule has 0 aliphatic rings. The standard InChI is InChI=1S/C6H12O3.C3H6O3/c1-4(2)9-6(8)5(3)7;1-2(4)3(5)6/h4-5,7H,1-3H3;2,4H,1H3,(H,5,6). The summed E-state index contributed by atoms with van der Waals surface area (Å²) in [7, 11) is 0. The van der Waals surface area contributed by atoms with Crippen LogP contribution in [0.2, 0.25) is 0 Å². The minimum Gasteiger partial charge on any atom is -0.479 e. The Morgan fingerprint density at radius 2 is 1.33 bits per heavy atom. The lowest BCUT2D eigenvalue weighted by Gasteiger charge is -2.08. The van der Waals surface area contributed by atoms with Gasteiger partial charge in [-0.2, -0.15) is 0 Å². The van der Waals surface area contributed by atoms with Crippen molar-refractivity contribution in [1.29, 1.82) is 0 Å². The van der Waals surface area contributed by atoms with Crippen LogP contribution in [0.3, 0.4) is 0 Å². The number of aliphatic hydroxyl groups excluding tert-OH is 2. The highest BCUT2D eigenvalue weighted by atomic mass is 16.6. The zero-order chi connectivity index (χ0) is 12.6. The van der Waals surface area contributed by atoms with Gasteiger partial charge in [0.25, 0.3) is 0 Å². The summed E-state index contributed by atoms with van der Waals surface area (Å²) in [4.78, 5) is 19.9. The average molecular weight is 222 g/mol. The zero-order valence-corrected chi connectivity index (χ0v) is 9.30. The van der Waals surface area contributed by atoms with Gasteiger partial charge in [0.2, 0.25) is 0 Å². The minimum atomic E-state index is -1.23. The molecule has 0 fully saturated rings. The van der Waals surface area contributed by atoms with Gasteiger partial charge in [-0.15, -0.1) is 0 Å². The second kappa shape index (κ2) is 8.19. The number of carboxylic acids is 1. The van der Waals surface area contributed by atoms with Gasteiger partial charge in [-0.3, -0.25) is 0 Å². The van der Waals surface area contributed by atoms with E-state index in [4.69, 9.17) is 15.3 Å². The van der Waals surface area contributed by atoms with Crippen LogP contribution < -0.4 is 0 Å². The predicted octanol–water partition coefficient (Wildman–Crippen LogP) is -0.229. The molecule has 90 valence electrons. The Kier molecular flexibility index (Phi) is 8.90. The maximum atomic E-state index is 10.5. The summed E-state index contributed by atoms with van der Waals surface area (Å²) in [5.41, 5.74) is 0. The van der Waals surface area contributed by atoms with E-state index in [1.807, 2.05) is 0 Å². The fraction of sp³-hybridized carbons (Fsp3) is 0.778. The molecule has 0 aromatic heterocycles. The molecule has 0 radical (unpaired) electrons. The molecule has 0 heterocycles. The van der Waals surface area contributed by atoms with Crippen LogP contribution in [0.15, 0.2) is 0 Å². The number of aliphatic carboxylic acids is 1. The Morgan fingerprint density at radius 1 is 1.00 bits per heavy atom. The van der Waals surface area contributed by atoms with Gasteiger partial charge in [0, 0.05) is 0 Å². The molecule has 0 bridgehead atoms. The quantitative estimate of drug-likeness (QED) is 0.570. The molecule has 0 aliphatic carbocycles. The highest BCUT2D eigenvalue weighted by molar-refractivity contribution is 5.73. The predicted molar refractivity (Wildman–Crippen MR) is 52.2 cm³/mol. The van der Waals surface area contributed by atoms with Crippen LogP contribution in [-0.2, 0) is 14.3 Å². The van der Waals surface area contributed by atoms with Crippen molar-refractivity contribution in [2.24, 2.45) is 0 Å². The molecule has 3 N–H and O–H groups in total. The van der Waals surface area contributed by atoms with Crippen molar-refractivity contribution in [1.82, 2.24) is 0 Å². The van der Waals surface area contributed by atoms with Crippen molar-refractivity contribution in [2.75, 3.05) is 0 Å². The number of hydrogen-bond donors (Lipinski definition) is 3. The summed E-state index contributed by atoms with van der Waals surface area (Å²) in [6.07, 6.45) is -2.38. The van der Waals surface area contributed by atoms with Gasteiger partial charge in [0.1, 0.15) is 12.2 Å². The minimum absolute atomic E-state index is 0.146. The summed E-state index contributed by atoms with van der Waals surface area (Å²) >= 11 is 0. The number of carboxylic acid groups (broad SMARTS) is 1. The molecule has 2 atom stereocenters. The summed E-state index contributed by atoms with van der Waals surface area (Å²) in [6, 6.07) is 0. The maximum Gasteiger partial charge on any atom is 0.334 e. The van der Waals surface area contributed by atoms with Gasteiger partial charge < -0.3 is 20.1 Å². The highest BCUT2D eigenvalue weighted by Crippen LogP contribution is 1.92. The van der Waals surface area contributed by atoms with Crippen LogP contribution in [0, 0.1) is 0 Å². The summed E-state index contributed by atoms with van der Waals surface area (Å²) in [5.74, 6) is -1.75. The first-order valence-corrected chi connectivity index (χ1v) is 4.47. The van der Waals surface area contributed by atoms with Crippen molar-refractivity contribution in [2.45, 2.75) is 46.0 Å². The second-order valence-electron chi connectivity index (χ2n) is 3.18. The van der Waals surface area contributed by atoms with Gasteiger partial charge in [-0.05, 0) is 27.7 Å². The number of carbonyl (C=O) groups excluding carboxylic acids is 1. The van der Waals surface area contributed by atoms with Gasteiger partial charge in [0.15, 0.2) is 0 Å². The molecule has 6 heteroatoms. The van der Waals surface area contributed by atoms with Crippen LogP contribution in [-0.4, -0.2) is 45.6 Å². The van der Waals surface area contributed by atoms with E-state index in [2.05, 4.69) is 4.74 Å². The van der Waals surface area contributed by atoms with Crippen LogP contribution in [0.1, 0.15) is 27.7 Å². The number of carbonyl (C=O) groups is 2. The SMILES string of the molecule is CC(C)OC(=O)C(C)O.CC(O)C(=O)O. The third-order valence-corrected chi connectivity index (χ3v) is 1.05.